The number of phenols is 2. The van der Waals surface area contributed by atoms with Gasteiger partial charge in [-0.2, -0.15) is 0 Å². The lowest BCUT2D eigenvalue weighted by Crippen LogP contribution is -2.02. The van der Waals surface area contributed by atoms with Gasteiger partial charge in [-0.3, -0.25) is 9.59 Å². The van der Waals surface area contributed by atoms with Gasteiger partial charge in [0.1, 0.15) is 0 Å². The molecule has 29 heavy (non-hydrogen) atoms. The second-order valence-electron chi connectivity index (χ2n) is 5.98. The first-order chi connectivity index (χ1) is 13.9. The van der Waals surface area contributed by atoms with Crippen LogP contribution in [0.5, 0.6) is 28.7 Å². The van der Waals surface area contributed by atoms with Gasteiger partial charge >= 0.3 is 0 Å². The molecule has 0 saturated heterocycles. The van der Waals surface area contributed by atoms with Crippen molar-refractivity contribution >= 4 is 23.7 Å². The van der Waals surface area contributed by atoms with Crippen molar-refractivity contribution in [1.82, 2.24) is 0 Å². The molecule has 152 valence electrons. The van der Waals surface area contributed by atoms with Crippen LogP contribution in [0.4, 0.5) is 0 Å². The minimum Gasteiger partial charge on any atom is -0.504 e. The Morgan fingerprint density at radius 2 is 1.28 bits per heavy atom. The van der Waals surface area contributed by atoms with Crippen molar-refractivity contribution in [2.24, 2.45) is 0 Å². The van der Waals surface area contributed by atoms with Crippen LogP contribution in [0.15, 0.2) is 42.5 Å². The Labute approximate surface area is 168 Å². The van der Waals surface area contributed by atoms with Gasteiger partial charge in [0, 0.05) is 0 Å². The summed E-state index contributed by atoms with van der Waals surface area (Å²) in [5, 5.41) is 19.5. The van der Waals surface area contributed by atoms with Crippen LogP contribution in [-0.4, -0.2) is 43.1 Å². The van der Waals surface area contributed by atoms with E-state index in [1.807, 2.05) is 0 Å². The third kappa shape index (κ3) is 5.87. The van der Waals surface area contributed by atoms with E-state index >= 15 is 0 Å². The zero-order valence-corrected chi connectivity index (χ0v) is 16.3. The lowest BCUT2D eigenvalue weighted by molar-refractivity contribution is -0.121. The monoisotopic (exact) mass is 398 g/mol. The van der Waals surface area contributed by atoms with Gasteiger partial charge in [0.05, 0.1) is 27.8 Å². The van der Waals surface area contributed by atoms with Crippen molar-refractivity contribution in [3.8, 4) is 28.7 Å². The Morgan fingerprint density at radius 1 is 0.793 bits per heavy atom. The van der Waals surface area contributed by atoms with E-state index in [4.69, 9.17) is 14.2 Å². The summed E-state index contributed by atoms with van der Waals surface area (Å²) in [5.74, 6) is -0.178. The summed E-state index contributed by atoms with van der Waals surface area (Å²) < 4.78 is 15.1. The van der Waals surface area contributed by atoms with E-state index in [1.54, 1.807) is 24.3 Å². The van der Waals surface area contributed by atoms with Gasteiger partial charge in [0.15, 0.2) is 34.6 Å². The van der Waals surface area contributed by atoms with Gasteiger partial charge in [-0.05, 0) is 47.5 Å². The number of carbonyl (C=O) groups excluding carboxylic acids is 2. The Kier molecular flexibility index (Phi) is 7.42. The van der Waals surface area contributed by atoms with E-state index in [2.05, 4.69) is 0 Å². The molecular weight excluding hydrogens is 376 g/mol. The topological polar surface area (TPSA) is 102 Å². The van der Waals surface area contributed by atoms with Crippen LogP contribution >= 0.6 is 0 Å². The molecule has 0 fully saturated rings. The normalized spacial score (nSPS) is 11.0. The highest BCUT2D eigenvalue weighted by atomic mass is 16.5. The van der Waals surface area contributed by atoms with Crippen LogP contribution in [0.2, 0.25) is 0 Å². The number of rotatable bonds is 9. The van der Waals surface area contributed by atoms with Gasteiger partial charge in [-0.25, -0.2) is 0 Å². The Balaban J connectivity index is 2.02. The van der Waals surface area contributed by atoms with Gasteiger partial charge in [0.25, 0.3) is 0 Å². The number of hydrogen-bond donors (Lipinski definition) is 2. The average molecular weight is 398 g/mol. The number of benzene rings is 2. The number of hydrogen-bond acceptors (Lipinski definition) is 7. The fourth-order valence-corrected chi connectivity index (χ4v) is 2.48. The second kappa shape index (κ2) is 9.98. The standard InChI is InChI=1S/C22H22O7/c1-27-19-10-14(6-9-18(19)25)4-7-16(23)13-17(24)8-5-15-11-20(28-2)22(26)21(12-15)29-3/h4-12,25-26H,13H2,1-3H3. The number of ketones is 2. The molecule has 0 radical (unpaired) electrons. The molecule has 0 aromatic heterocycles. The molecule has 0 spiro atoms. The fourth-order valence-electron chi connectivity index (χ4n) is 2.48. The van der Waals surface area contributed by atoms with Gasteiger partial charge in [-0.15, -0.1) is 0 Å². The van der Waals surface area contributed by atoms with Crippen LogP contribution < -0.4 is 14.2 Å². The molecule has 0 bridgehead atoms. The molecule has 0 saturated carbocycles. The van der Waals surface area contributed by atoms with Crippen molar-refractivity contribution in [2.75, 3.05) is 21.3 Å². The van der Waals surface area contributed by atoms with E-state index in [-0.39, 0.29) is 41.0 Å². The summed E-state index contributed by atoms with van der Waals surface area (Å²) in [6, 6.07) is 7.74. The molecule has 0 heterocycles. The summed E-state index contributed by atoms with van der Waals surface area (Å²) in [6.45, 7) is 0. The fraction of sp³-hybridized carbons (Fsp3) is 0.182. The smallest absolute Gasteiger partial charge is 0.200 e. The first-order valence-corrected chi connectivity index (χ1v) is 8.61. The van der Waals surface area contributed by atoms with Crippen molar-refractivity contribution in [3.05, 3.63) is 53.6 Å². The summed E-state index contributed by atoms with van der Waals surface area (Å²) in [5.41, 5.74) is 1.23. The van der Waals surface area contributed by atoms with Crippen molar-refractivity contribution in [3.63, 3.8) is 0 Å². The van der Waals surface area contributed by atoms with E-state index < -0.39 is 0 Å². The quantitative estimate of drug-likeness (QED) is 0.493. The average Bonchev–Trinajstić information content (AvgIpc) is 2.72. The molecule has 0 aliphatic rings. The molecule has 0 aliphatic heterocycles. The van der Waals surface area contributed by atoms with Gasteiger partial charge < -0.3 is 24.4 Å². The van der Waals surface area contributed by atoms with E-state index in [0.29, 0.717) is 16.9 Å². The predicted octanol–water partition coefficient (Wildman–Crippen LogP) is 3.38. The summed E-state index contributed by atoms with van der Waals surface area (Å²) in [4.78, 5) is 24.1. The Hall–Kier alpha value is -3.74. The molecule has 2 rings (SSSR count). The molecule has 0 amide bonds. The zero-order chi connectivity index (χ0) is 21.4. The number of ether oxygens (including phenoxy) is 3. The maximum absolute atomic E-state index is 12.1. The van der Waals surface area contributed by atoms with Crippen LogP contribution in [0, 0.1) is 0 Å². The van der Waals surface area contributed by atoms with E-state index in [9.17, 15) is 19.8 Å². The molecule has 2 N–H and O–H groups in total. The largest absolute Gasteiger partial charge is 0.504 e. The minimum atomic E-state index is -0.381. The molecule has 7 nitrogen and oxygen atoms in total. The highest BCUT2D eigenvalue weighted by molar-refractivity contribution is 6.10. The summed E-state index contributed by atoms with van der Waals surface area (Å²) >= 11 is 0. The first-order valence-electron chi connectivity index (χ1n) is 8.61. The van der Waals surface area contributed by atoms with Gasteiger partial charge in [-0.1, -0.05) is 18.2 Å². The van der Waals surface area contributed by atoms with Crippen LogP contribution in [-0.2, 0) is 9.59 Å². The number of aromatic hydroxyl groups is 2. The number of carbonyl (C=O) groups is 2. The second-order valence-corrected chi connectivity index (χ2v) is 5.98. The third-order valence-electron chi connectivity index (χ3n) is 3.98. The molecule has 0 atom stereocenters. The van der Waals surface area contributed by atoms with Crippen LogP contribution in [0.1, 0.15) is 17.5 Å². The molecule has 2 aromatic carbocycles. The first kappa shape index (κ1) is 21.6. The summed E-state index contributed by atoms with van der Waals surface area (Å²) in [7, 11) is 4.24. The van der Waals surface area contributed by atoms with Crippen LogP contribution in [0.3, 0.4) is 0 Å². The molecule has 7 heteroatoms. The maximum Gasteiger partial charge on any atom is 0.200 e. The highest BCUT2D eigenvalue weighted by Gasteiger charge is 2.10. The van der Waals surface area contributed by atoms with E-state index in [1.165, 1.54) is 51.7 Å². The summed E-state index contributed by atoms with van der Waals surface area (Å²) in [6.07, 6.45) is 5.32. The number of phenolic OH excluding ortho intramolecular Hbond substituents is 2. The van der Waals surface area contributed by atoms with E-state index in [0.717, 1.165) is 0 Å². The molecule has 0 unspecified atom stereocenters. The molecule has 2 aromatic rings. The minimum absolute atomic E-state index is 0.00113. The van der Waals surface area contributed by atoms with Crippen LogP contribution in [0.25, 0.3) is 12.2 Å². The number of allylic oxidation sites excluding steroid dienone is 2. The SMILES string of the molecule is COc1cc(C=CC(=O)CC(=O)C=Cc2cc(OC)c(O)c(OC)c2)ccc1O. The lowest BCUT2D eigenvalue weighted by atomic mass is 10.1. The van der Waals surface area contributed by atoms with Gasteiger partial charge in [0.2, 0.25) is 5.75 Å². The predicted molar refractivity (Wildman–Crippen MR) is 109 cm³/mol. The highest BCUT2D eigenvalue weighted by Crippen LogP contribution is 2.37. The van der Waals surface area contributed by atoms with Crippen molar-refractivity contribution in [1.29, 1.82) is 0 Å². The molecular formula is C22H22O7. The van der Waals surface area contributed by atoms with Crippen molar-refractivity contribution < 1.29 is 34.0 Å². The number of methoxy groups -OCH3 is 3. The maximum atomic E-state index is 12.1. The lowest BCUT2D eigenvalue weighted by Gasteiger charge is -2.09. The zero-order valence-electron chi connectivity index (χ0n) is 16.3. The van der Waals surface area contributed by atoms with Crippen molar-refractivity contribution in [2.45, 2.75) is 6.42 Å². The Bertz CT molecular complexity index is 933. The third-order valence-corrected chi connectivity index (χ3v) is 3.98. The Morgan fingerprint density at radius 3 is 1.79 bits per heavy atom. The molecule has 0 aliphatic carbocycles.